The zero-order chi connectivity index (χ0) is 10.9. The Balaban J connectivity index is 1.79. The molecular weight excluding hydrogens is 186 g/mol. The molecule has 1 atom stereocenters. The van der Waals surface area contributed by atoms with Crippen LogP contribution in [-0.4, -0.2) is 30.3 Å². The van der Waals surface area contributed by atoms with E-state index in [2.05, 4.69) is 18.7 Å². The molecule has 2 fully saturated rings. The largest absolute Gasteiger partial charge is 0.303 e. The molecule has 15 heavy (non-hydrogen) atoms. The summed E-state index contributed by atoms with van der Waals surface area (Å²) in [5, 5.41) is 0. The molecule has 0 N–H and O–H groups in total. The van der Waals surface area contributed by atoms with Gasteiger partial charge in [-0.3, -0.25) is 4.79 Å². The number of carbonyl (C=O) groups is 1. The van der Waals surface area contributed by atoms with Crippen molar-refractivity contribution in [2.45, 2.75) is 46.0 Å². The van der Waals surface area contributed by atoms with Crippen molar-refractivity contribution in [1.82, 2.24) is 4.90 Å². The number of hydrogen-bond acceptors (Lipinski definition) is 2. The molecule has 1 heterocycles. The molecule has 86 valence electrons. The molecule has 2 heteroatoms. The number of Topliss-reactive ketones (excluding diaryl/α,β-unsaturated/α-hetero) is 1. The fourth-order valence-corrected chi connectivity index (χ4v) is 2.73. The van der Waals surface area contributed by atoms with Gasteiger partial charge in [0.25, 0.3) is 0 Å². The van der Waals surface area contributed by atoms with Crippen molar-refractivity contribution in [2.24, 2.45) is 11.3 Å². The first-order valence-corrected chi connectivity index (χ1v) is 6.32. The molecule has 0 amide bonds. The molecule has 0 aromatic carbocycles. The molecule has 0 aromatic rings. The van der Waals surface area contributed by atoms with Crippen molar-refractivity contribution in [3.05, 3.63) is 0 Å². The SMILES string of the molecule is CC1(C)CCN(CC2CCCC2=O)CC1. The van der Waals surface area contributed by atoms with E-state index in [1.807, 2.05) is 0 Å². The van der Waals surface area contributed by atoms with Gasteiger partial charge in [0, 0.05) is 18.9 Å². The van der Waals surface area contributed by atoms with Gasteiger partial charge in [-0.2, -0.15) is 0 Å². The van der Waals surface area contributed by atoms with Gasteiger partial charge in [-0.05, 0) is 44.2 Å². The summed E-state index contributed by atoms with van der Waals surface area (Å²) in [6.45, 7) is 8.12. The fourth-order valence-electron chi connectivity index (χ4n) is 2.73. The highest BCUT2D eigenvalue weighted by Gasteiger charge is 2.30. The van der Waals surface area contributed by atoms with Gasteiger partial charge >= 0.3 is 0 Å². The third-order valence-electron chi connectivity index (χ3n) is 4.12. The molecule has 1 saturated heterocycles. The van der Waals surface area contributed by atoms with Gasteiger partial charge in [-0.1, -0.05) is 13.8 Å². The maximum absolute atomic E-state index is 11.5. The van der Waals surface area contributed by atoms with Crippen molar-refractivity contribution in [3.63, 3.8) is 0 Å². The molecular formula is C13H23NO. The van der Waals surface area contributed by atoms with Crippen LogP contribution in [0, 0.1) is 11.3 Å². The highest BCUT2D eigenvalue weighted by atomic mass is 16.1. The van der Waals surface area contributed by atoms with Crippen LogP contribution in [-0.2, 0) is 4.79 Å². The van der Waals surface area contributed by atoms with E-state index in [1.165, 1.54) is 25.9 Å². The van der Waals surface area contributed by atoms with E-state index >= 15 is 0 Å². The van der Waals surface area contributed by atoms with Crippen molar-refractivity contribution >= 4 is 5.78 Å². The molecule has 2 nitrogen and oxygen atoms in total. The maximum atomic E-state index is 11.5. The summed E-state index contributed by atoms with van der Waals surface area (Å²) in [5.41, 5.74) is 0.524. The van der Waals surface area contributed by atoms with E-state index in [0.29, 0.717) is 17.1 Å². The predicted molar refractivity (Wildman–Crippen MR) is 61.8 cm³/mol. The van der Waals surface area contributed by atoms with Crippen LogP contribution in [0.2, 0.25) is 0 Å². The summed E-state index contributed by atoms with van der Waals surface area (Å²) in [6.07, 6.45) is 5.67. The van der Waals surface area contributed by atoms with E-state index in [-0.39, 0.29) is 0 Å². The lowest BCUT2D eigenvalue weighted by Gasteiger charge is -2.37. The Labute approximate surface area is 93.0 Å². The normalized spacial score (nSPS) is 32.1. The Morgan fingerprint density at radius 3 is 2.53 bits per heavy atom. The van der Waals surface area contributed by atoms with Gasteiger partial charge in [0.05, 0.1) is 0 Å². The van der Waals surface area contributed by atoms with Crippen molar-refractivity contribution in [2.75, 3.05) is 19.6 Å². The maximum Gasteiger partial charge on any atom is 0.137 e. The molecule has 1 saturated carbocycles. The van der Waals surface area contributed by atoms with Crippen LogP contribution < -0.4 is 0 Å². The number of rotatable bonds is 2. The van der Waals surface area contributed by atoms with Gasteiger partial charge in [-0.25, -0.2) is 0 Å². The molecule has 0 radical (unpaired) electrons. The van der Waals surface area contributed by atoms with Gasteiger partial charge in [-0.15, -0.1) is 0 Å². The van der Waals surface area contributed by atoms with Crippen LogP contribution >= 0.6 is 0 Å². The second-order valence-electron chi connectivity index (χ2n) is 6.02. The van der Waals surface area contributed by atoms with Crippen LogP contribution in [0.1, 0.15) is 46.0 Å². The Morgan fingerprint density at radius 1 is 1.33 bits per heavy atom. The lowest BCUT2D eigenvalue weighted by Crippen LogP contribution is -2.40. The van der Waals surface area contributed by atoms with Crippen molar-refractivity contribution in [3.8, 4) is 0 Å². The first kappa shape index (κ1) is 11.1. The van der Waals surface area contributed by atoms with Crippen LogP contribution in [0.3, 0.4) is 0 Å². The standard InChI is InChI=1S/C13H23NO/c1-13(2)6-8-14(9-7-13)10-11-4-3-5-12(11)15/h11H,3-10H2,1-2H3. The van der Waals surface area contributed by atoms with Crippen LogP contribution in [0.15, 0.2) is 0 Å². The summed E-state index contributed by atoms with van der Waals surface area (Å²) in [5.74, 6) is 0.881. The summed E-state index contributed by atoms with van der Waals surface area (Å²) in [4.78, 5) is 14.0. The smallest absolute Gasteiger partial charge is 0.137 e. The zero-order valence-corrected chi connectivity index (χ0v) is 10.1. The minimum Gasteiger partial charge on any atom is -0.303 e. The predicted octanol–water partition coefficient (Wildman–Crippen LogP) is 2.48. The lowest BCUT2D eigenvalue weighted by molar-refractivity contribution is -0.121. The quantitative estimate of drug-likeness (QED) is 0.696. The number of carbonyl (C=O) groups excluding carboxylic acids is 1. The molecule has 0 spiro atoms. The second-order valence-corrected chi connectivity index (χ2v) is 6.02. The van der Waals surface area contributed by atoms with E-state index < -0.39 is 0 Å². The first-order chi connectivity index (χ1) is 7.07. The van der Waals surface area contributed by atoms with E-state index in [0.717, 1.165) is 25.8 Å². The Hall–Kier alpha value is -0.370. The molecule has 0 aromatic heterocycles. The minimum absolute atomic E-state index is 0.367. The summed E-state index contributed by atoms with van der Waals surface area (Å²) < 4.78 is 0. The second kappa shape index (κ2) is 4.25. The third-order valence-corrected chi connectivity index (χ3v) is 4.12. The van der Waals surface area contributed by atoms with Crippen LogP contribution in [0.25, 0.3) is 0 Å². The average Bonchev–Trinajstić information content (AvgIpc) is 2.56. The minimum atomic E-state index is 0.367. The zero-order valence-electron chi connectivity index (χ0n) is 10.1. The van der Waals surface area contributed by atoms with Gasteiger partial charge in [0.2, 0.25) is 0 Å². The van der Waals surface area contributed by atoms with Gasteiger partial charge < -0.3 is 4.90 Å². The first-order valence-electron chi connectivity index (χ1n) is 6.32. The topological polar surface area (TPSA) is 20.3 Å². The molecule has 1 aliphatic heterocycles. The Morgan fingerprint density at radius 2 is 2.00 bits per heavy atom. The van der Waals surface area contributed by atoms with Crippen molar-refractivity contribution < 1.29 is 4.79 Å². The molecule has 0 bridgehead atoms. The summed E-state index contributed by atoms with van der Waals surface area (Å²) >= 11 is 0. The monoisotopic (exact) mass is 209 g/mol. The van der Waals surface area contributed by atoms with Gasteiger partial charge in [0.15, 0.2) is 0 Å². The van der Waals surface area contributed by atoms with E-state index in [9.17, 15) is 4.79 Å². The number of hydrogen-bond donors (Lipinski definition) is 0. The molecule has 2 rings (SSSR count). The highest BCUT2D eigenvalue weighted by Crippen LogP contribution is 2.31. The van der Waals surface area contributed by atoms with Gasteiger partial charge in [0.1, 0.15) is 5.78 Å². The Bertz CT molecular complexity index is 237. The van der Waals surface area contributed by atoms with Crippen LogP contribution in [0.5, 0.6) is 0 Å². The molecule has 1 aliphatic carbocycles. The van der Waals surface area contributed by atoms with Crippen molar-refractivity contribution in [1.29, 1.82) is 0 Å². The highest BCUT2D eigenvalue weighted by molar-refractivity contribution is 5.83. The Kier molecular flexibility index (Phi) is 3.15. The number of ketones is 1. The molecule has 1 unspecified atom stereocenters. The number of nitrogens with zero attached hydrogens (tertiary/aromatic N) is 1. The lowest BCUT2D eigenvalue weighted by atomic mass is 9.82. The van der Waals surface area contributed by atoms with E-state index in [1.54, 1.807) is 0 Å². The molecule has 2 aliphatic rings. The fraction of sp³-hybridized carbons (Fsp3) is 0.923. The third kappa shape index (κ3) is 2.81. The summed E-state index contributed by atoms with van der Waals surface area (Å²) in [6, 6.07) is 0. The average molecular weight is 209 g/mol. The number of likely N-dealkylation sites (tertiary alicyclic amines) is 1. The van der Waals surface area contributed by atoms with E-state index in [4.69, 9.17) is 0 Å². The number of piperidine rings is 1. The van der Waals surface area contributed by atoms with Crippen LogP contribution in [0.4, 0.5) is 0 Å². The summed E-state index contributed by atoms with van der Waals surface area (Å²) in [7, 11) is 0.